The third kappa shape index (κ3) is 4.74. The second kappa shape index (κ2) is 8.46. The van der Waals surface area contributed by atoms with Gasteiger partial charge in [-0.25, -0.2) is 13.8 Å². The van der Waals surface area contributed by atoms with Gasteiger partial charge in [-0.2, -0.15) is 0 Å². The lowest BCUT2D eigenvalue weighted by molar-refractivity contribution is -0.111. The van der Waals surface area contributed by atoms with E-state index in [1.165, 1.54) is 6.08 Å². The Bertz CT molecular complexity index is 1150. The van der Waals surface area contributed by atoms with E-state index in [0.717, 1.165) is 27.7 Å². The van der Waals surface area contributed by atoms with E-state index in [2.05, 4.69) is 29.0 Å². The van der Waals surface area contributed by atoms with E-state index in [1.54, 1.807) is 6.20 Å². The van der Waals surface area contributed by atoms with Crippen molar-refractivity contribution in [2.45, 2.75) is 31.6 Å². The van der Waals surface area contributed by atoms with Crippen LogP contribution in [0.1, 0.15) is 31.2 Å². The summed E-state index contributed by atoms with van der Waals surface area (Å²) in [5, 5.41) is 3.68. The van der Waals surface area contributed by atoms with Gasteiger partial charge in [-0.05, 0) is 48.1 Å². The van der Waals surface area contributed by atoms with Crippen LogP contribution in [0, 0.1) is 5.92 Å². The van der Waals surface area contributed by atoms with Gasteiger partial charge >= 0.3 is 0 Å². The lowest BCUT2D eigenvalue weighted by Crippen LogP contribution is -2.23. The number of carbonyl (C=O) groups is 1. The summed E-state index contributed by atoms with van der Waals surface area (Å²) in [6.07, 6.45) is 9.93. The highest BCUT2D eigenvalue weighted by Gasteiger charge is 2.33. The minimum atomic E-state index is -2.50. The number of hydrogen-bond acceptors (Lipinski definition) is 2. The van der Waals surface area contributed by atoms with Crippen LogP contribution in [0.25, 0.3) is 28.2 Å². The Balaban J connectivity index is 1.61. The van der Waals surface area contributed by atoms with Gasteiger partial charge in [0, 0.05) is 37.0 Å². The fraction of sp³-hybridized carbons (Fsp3) is 0.280. The molecule has 1 saturated carbocycles. The predicted molar refractivity (Wildman–Crippen MR) is 121 cm³/mol. The molecule has 0 spiro atoms. The molecule has 0 aliphatic heterocycles. The molecule has 0 radical (unpaired) electrons. The van der Waals surface area contributed by atoms with Crippen molar-refractivity contribution in [2.24, 2.45) is 13.0 Å². The van der Waals surface area contributed by atoms with Crippen molar-refractivity contribution in [3.05, 3.63) is 67.0 Å². The molecule has 2 heterocycles. The van der Waals surface area contributed by atoms with E-state index in [0.29, 0.717) is 18.5 Å². The number of anilines is 1. The van der Waals surface area contributed by atoms with Crippen LogP contribution in [0.4, 0.5) is 14.5 Å². The lowest BCUT2D eigenvalue weighted by Gasteiger charge is -2.26. The number of aryl methyl sites for hydroxylation is 1. The number of nitrogens with one attached hydrogen (secondary N) is 1. The fourth-order valence-electron chi connectivity index (χ4n) is 4.06. The van der Waals surface area contributed by atoms with E-state index in [9.17, 15) is 13.6 Å². The molecule has 1 aromatic carbocycles. The topological polar surface area (TPSA) is 46.9 Å². The van der Waals surface area contributed by atoms with Crippen LogP contribution in [0.5, 0.6) is 0 Å². The van der Waals surface area contributed by atoms with Gasteiger partial charge in [0.15, 0.2) is 0 Å². The fourth-order valence-corrected chi connectivity index (χ4v) is 4.06. The smallest absolute Gasteiger partial charge is 0.248 e. The van der Waals surface area contributed by atoms with E-state index in [-0.39, 0.29) is 24.7 Å². The van der Waals surface area contributed by atoms with Crippen LogP contribution in [-0.4, -0.2) is 21.4 Å². The number of aromatic nitrogens is 2. The molecule has 1 aliphatic rings. The van der Waals surface area contributed by atoms with Gasteiger partial charge in [-0.15, -0.1) is 0 Å². The standard InChI is InChI=1S/C25H25F2N3O/c1-3-23(31)29-20-14-21-22(16-30(2)24(21)28-15-20)19-6-4-5-18(13-19)8-7-17-9-11-25(26,27)12-10-17/h3-8,13-17H,1,9-12H2,2H3,(H,29,31)/b8-7+. The van der Waals surface area contributed by atoms with Crippen LogP contribution < -0.4 is 5.32 Å². The van der Waals surface area contributed by atoms with Crippen LogP contribution in [-0.2, 0) is 11.8 Å². The summed E-state index contributed by atoms with van der Waals surface area (Å²) < 4.78 is 28.7. The minimum absolute atomic E-state index is 0.0320. The molecule has 0 unspecified atom stereocenters. The first-order valence-corrected chi connectivity index (χ1v) is 10.4. The monoisotopic (exact) mass is 421 g/mol. The molecule has 4 rings (SSSR count). The third-order valence-corrected chi connectivity index (χ3v) is 5.79. The molecule has 31 heavy (non-hydrogen) atoms. The number of amides is 1. The first-order chi connectivity index (χ1) is 14.8. The summed E-state index contributed by atoms with van der Waals surface area (Å²) in [7, 11) is 1.93. The molecule has 2 aromatic heterocycles. The van der Waals surface area contributed by atoms with Crippen molar-refractivity contribution in [2.75, 3.05) is 5.32 Å². The van der Waals surface area contributed by atoms with E-state index in [1.807, 2.05) is 48.2 Å². The zero-order valence-electron chi connectivity index (χ0n) is 17.4. The molecule has 1 aliphatic carbocycles. The summed E-state index contributed by atoms with van der Waals surface area (Å²) in [5.74, 6) is -2.59. The molecular formula is C25H25F2N3O. The maximum atomic E-state index is 13.4. The predicted octanol–water partition coefficient (Wildman–Crippen LogP) is 6.20. The van der Waals surface area contributed by atoms with Gasteiger partial charge < -0.3 is 9.88 Å². The number of nitrogens with zero attached hydrogens (tertiary/aromatic N) is 2. The van der Waals surface area contributed by atoms with Gasteiger partial charge in [0.25, 0.3) is 0 Å². The molecule has 1 N–H and O–H groups in total. The Morgan fingerprint density at radius 2 is 2.06 bits per heavy atom. The molecule has 1 amide bonds. The highest BCUT2D eigenvalue weighted by molar-refractivity contribution is 6.02. The number of allylic oxidation sites excluding steroid dienone is 1. The van der Waals surface area contributed by atoms with Crippen LogP contribution in [0.2, 0.25) is 0 Å². The second-order valence-corrected chi connectivity index (χ2v) is 8.12. The Kier molecular flexibility index (Phi) is 5.72. The lowest BCUT2D eigenvalue weighted by atomic mass is 9.86. The normalized spacial score (nSPS) is 16.6. The summed E-state index contributed by atoms with van der Waals surface area (Å²) >= 11 is 0. The average Bonchev–Trinajstić information content (AvgIpc) is 3.09. The van der Waals surface area contributed by atoms with E-state index >= 15 is 0 Å². The molecule has 0 saturated heterocycles. The van der Waals surface area contributed by atoms with Gasteiger partial charge in [0.05, 0.1) is 11.9 Å². The van der Waals surface area contributed by atoms with Crippen molar-refractivity contribution >= 4 is 28.7 Å². The number of benzene rings is 1. The number of hydrogen-bond donors (Lipinski definition) is 1. The quantitative estimate of drug-likeness (QED) is 0.498. The maximum absolute atomic E-state index is 13.4. The van der Waals surface area contributed by atoms with Gasteiger partial charge in [-0.3, -0.25) is 4.79 Å². The van der Waals surface area contributed by atoms with Crippen molar-refractivity contribution in [1.82, 2.24) is 9.55 Å². The number of halogens is 2. The molecule has 160 valence electrons. The zero-order valence-corrected chi connectivity index (χ0v) is 17.4. The van der Waals surface area contributed by atoms with Crippen molar-refractivity contribution in [1.29, 1.82) is 0 Å². The summed E-state index contributed by atoms with van der Waals surface area (Å²) in [6, 6.07) is 10.0. The van der Waals surface area contributed by atoms with Gasteiger partial charge in [0.2, 0.25) is 11.8 Å². The number of fused-ring (bicyclic) bond motifs is 1. The van der Waals surface area contributed by atoms with Crippen LogP contribution in [0.15, 0.2) is 61.5 Å². The Hall–Kier alpha value is -3.28. The Morgan fingerprint density at radius 3 is 2.81 bits per heavy atom. The van der Waals surface area contributed by atoms with Gasteiger partial charge in [0.1, 0.15) is 5.65 Å². The Morgan fingerprint density at radius 1 is 1.29 bits per heavy atom. The molecule has 3 aromatic rings. The number of rotatable bonds is 5. The first kappa shape index (κ1) is 21.0. The van der Waals surface area contributed by atoms with Crippen LogP contribution in [0.3, 0.4) is 0 Å². The second-order valence-electron chi connectivity index (χ2n) is 8.12. The number of pyridine rings is 1. The van der Waals surface area contributed by atoms with Crippen molar-refractivity contribution < 1.29 is 13.6 Å². The highest BCUT2D eigenvalue weighted by Crippen LogP contribution is 2.37. The van der Waals surface area contributed by atoms with Crippen molar-refractivity contribution in [3.8, 4) is 11.1 Å². The maximum Gasteiger partial charge on any atom is 0.248 e. The molecule has 0 bridgehead atoms. The average molecular weight is 421 g/mol. The summed E-state index contributed by atoms with van der Waals surface area (Å²) in [4.78, 5) is 16.1. The number of carbonyl (C=O) groups excluding carboxylic acids is 1. The largest absolute Gasteiger partial charge is 0.335 e. The highest BCUT2D eigenvalue weighted by atomic mass is 19.3. The SMILES string of the molecule is C=CC(=O)Nc1cnc2c(c1)c(-c1cccc(/C=C/C3CCC(F)(F)CC3)c1)cn2C. The zero-order chi connectivity index (χ0) is 22.0. The molecular weight excluding hydrogens is 396 g/mol. The van der Waals surface area contributed by atoms with Crippen LogP contribution >= 0.6 is 0 Å². The third-order valence-electron chi connectivity index (χ3n) is 5.79. The summed E-state index contributed by atoms with van der Waals surface area (Å²) in [5.41, 5.74) is 4.48. The van der Waals surface area contributed by atoms with E-state index < -0.39 is 5.92 Å². The molecule has 4 nitrogen and oxygen atoms in total. The molecule has 6 heteroatoms. The van der Waals surface area contributed by atoms with E-state index in [4.69, 9.17) is 0 Å². The van der Waals surface area contributed by atoms with Gasteiger partial charge in [-0.1, -0.05) is 36.9 Å². The summed E-state index contributed by atoms with van der Waals surface area (Å²) in [6.45, 7) is 3.48. The molecule has 1 fully saturated rings. The minimum Gasteiger partial charge on any atom is -0.335 e. The number of alkyl halides is 2. The molecule has 0 atom stereocenters. The van der Waals surface area contributed by atoms with Crippen molar-refractivity contribution in [3.63, 3.8) is 0 Å². The Labute approximate surface area is 180 Å². The first-order valence-electron chi connectivity index (χ1n) is 10.4.